The number of nitrogens with one attached hydrogen (secondary N) is 1. The first-order valence-electron chi connectivity index (χ1n) is 14.1. The Hall–Kier alpha value is -3.48. The number of aliphatic hydroxyl groups excluding tert-OH is 2. The van der Waals surface area contributed by atoms with Crippen LogP contribution in [0.4, 0.5) is 10.1 Å². The molecule has 3 unspecified atom stereocenters. The number of ketones is 2. The second-order valence-corrected chi connectivity index (χ2v) is 12.1. The van der Waals surface area contributed by atoms with E-state index in [1.807, 2.05) is 18.9 Å². The van der Waals surface area contributed by atoms with Gasteiger partial charge in [0.15, 0.2) is 11.4 Å². The number of amides is 1. The lowest BCUT2D eigenvalue weighted by Gasteiger charge is -2.50. The molecule has 0 aromatic heterocycles. The summed E-state index contributed by atoms with van der Waals surface area (Å²) in [7, 11) is 3.52. The van der Waals surface area contributed by atoms with Crippen LogP contribution < -0.4 is 11.1 Å². The number of hydrogen-bond acceptors (Lipinski definition) is 10. The summed E-state index contributed by atoms with van der Waals surface area (Å²) >= 11 is 0. The number of nitrogens with zero attached hydrogens (tertiary/aromatic N) is 2. The van der Waals surface area contributed by atoms with Crippen molar-refractivity contribution in [2.75, 3.05) is 39.0 Å². The highest BCUT2D eigenvalue weighted by molar-refractivity contribution is 6.24. The molecular weight excluding hydrogens is 535 g/mol. The number of phenols is 1. The van der Waals surface area contributed by atoms with Crippen LogP contribution in [0.25, 0.3) is 5.76 Å². The Kier molecular flexibility index (Phi) is 6.25. The molecule has 1 aromatic carbocycles. The van der Waals surface area contributed by atoms with Gasteiger partial charge in [-0.3, -0.25) is 24.2 Å². The van der Waals surface area contributed by atoms with E-state index in [1.54, 1.807) is 11.9 Å². The number of nitrogens with two attached hydrogens (primary N) is 1. The van der Waals surface area contributed by atoms with Crippen LogP contribution in [0.15, 0.2) is 16.9 Å². The van der Waals surface area contributed by atoms with Crippen LogP contribution in [-0.2, 0) is 20.8 Å². The number of carbonyl (C=O) groups excluding carboxylic acids is 3. The van der Waals surface area contributed by atoms with Crippen molar-refractivity contribution in [1.82, 2.24) is 9.80 Å². The zero-order chi connectivity index (χ0) is 29.7. The van der Waals surface area contributed by atoms with Gasteiger partial charge in [-0.25, -0.2) is 4.39 Å². The molecule has 2 aliphatic heterocycles. The normalized spacial score (nSPS) is 32.8. The van der Waals surface area contributed by atoms with Crippen LogP contribution in [0.1, 0.15) is 48.9 Å². The summed E-state index contributed by atoms with van der Waals surface area (Å²) in [4.78, 5) is 43.5. The van der Waals surface area contributed by atoms with Crippen LogP contribution in [0.5, 0.6) is 5.75 Å². The molecule has 2 heterocycles. The first-order valence-corrected chi connectivity index (χ1v) is 14.1. The smallest absolute Gasteiger partial charge is 0.255 e. The molecule has 220 valence electrons. The minimum absolute atomic E-state index is 0.0617. The molecule has 2 fully saturated rings. The van der Waals surface area contributed by atoms with E-state index in [1.165, 1.54) is 0 Å². The summed E-state index contributed by atoms with van der Waals surface area (Å²) in [5.74, 6) is -7.88. The van der Waals surface area contributed by atoms with Gasteiger partial charge in [0.1, 0.15) is 28.7 Å². The Balaban J connectivity index is 1.55. The van der Waals surface area contributed by atoms with Gasteiger partial charge in [-0.1, -0.05) is 6.92 Å². The number of primary amides is 1. The molecule has 3 aliphatic carbocycles. The van der Waals surface area contributed by atoms with E-state index in [4.69, 9.17) is 5.73 Å². The third kappa shape index (κ3) is 3.50. The third-order valence-electron chi connectivity index (χ3n) is 9.97. The second kappa shape index (κ2) is 9.27. The zero-order valence-corrected chi connectivity index (χ0v) is 23.2. The monoisotopic (exact) mass is 570 g/mol. The Labute approximate surface area is 236 Å². The van der Waals surface area contributed by atoms with Crippen molar-refractivity contribution < 1.29 is 39.2 Å². The van der Waals surface area contributed by atoms with E-state index in [0.29, 0.717) is 25.1 Å². The Morgan fingerprint density at radius 1 is 1.27 bits per heavy atom. The van der Waals surface area contributed by atoms with Crippen LogP contribution in [0.2, 0.25) is 0 Å². The van der Waals surface area contributed by atoms with Crippen molar-refractivity contribution in [2.45, 2.75) is 50.3 Å². The van der Waals surface area contributed by atoms with Crippen molar-refractivity contribution in [3.8, 4) is 5.75 Å². The molecule has 12 heteroatoms. The molecule has 0 radical (unpaired) electrons. The van der Waals surface area contributed by atoms with Crippen molar-refractivity contribution in [1.29, 1.82) is 0 Å². The van der Waals surface area contributed by atoms with Crippen LogP contribution in [0, 0.1) is 23.6 Å². The fourth-order valence-electron chi connectivity index (χ4n) is 8.15. The number of anilines is 1. The molecule has 5 aliphatic rings. The minimum atomic E-state index is -2.73. The summed E-state index contributed by atoms with van der Waals surface area (Å²) in [6, 6.07) is -1.43. The number of aliphatic hydroxyl groups is 3. The lowest BCUT2D eigenvalue weighted by atomic mass is 9.57. The summed E-state index contributed by atoms with van der Waals surface area (Å²) in [6.45, 7) is 3.52. The van der Waals surface area contributed by atoms with Gasteiger partial charge < -0.3 is 31.5 Å². The largest absolute Gasteiger partial charge is 0.508 e. The van der Waals surface area contributed by atoms with Crippen LogP contribution >= 0.6 is 0 Å². The number of likely N-dealkylation sites (tertiary alicyclic amines) is 1. The van der Waals surface area contributed by atoms with Crippen LogP contribution in [0.3, 0.4) is 0 Å². The maximum Gasteiger partial charge on any atom is 0.255 e. The maximum atomic E-state index is 16.4. The Morgan fingerprint density at radius 2 is 1.98 bits per heavy atom. The molecule has 1 amide bonds. The second-order valence-electron chi connectivity index (χ2n) is 12.1. The average molecular weight is 571 g/mol. The number of carbonyl (C=O) groups is 3. The number of Topliss-reactive ketones (excluding diaryl/α,β-unsaturated/α-hetero) is 2. The van der Waals surface area contributed by atoms with Gasteiger partial charge >= 0.3 is 0 Å². The maximum absolute atomic E-state index is 16.4. The molecule has 6 rings (SSSR count). The first-order chi connectivity index (χ1) is 19.4. The molecule has 41 heavy (non-hydrogen) atoms. The van der Waals surface area contributed by atoms with E-state index in [2.05, 4.69) is 5.32 Å². The molecule has 6 atom stereocenters. The zero-order valence-electron chi connectivity index (χ0n) is 23.2. The van der Waals surface area contributed by atoms with Gasteiger partial charge in [0.2, 0.25) is 5.78 Å². The average Bonchev–Trinajstić information content (AvgIpc) is 3.29. The van der Waals surface area contributed by atoms with Gasteiger partial charge in [0.05, 0.1) is 17.3 Å². The van der Waals surface area contributed by atoms with E-state index in [9.17, 15) is 34.8 Å². The van der Waals surface area contributed by atoms with Gasteiger partial charge in [-0.05, 0) is 64.7 Å². The standard InChI is InChI=1S/C29H35FN4O7/c1-4-6-33(2)22-14-9-12-8-13-16(24(36)20-17(19(13)30)21-11(10-32-20)5-7-34(21)3)23(35)15(12)26(38)29(14,41)27(39)18(25(22)37)28(31)40/h11-12,14,21-22,32,35-36,39,41H,4-10H2,1-3H3,(H2,31,40)/t11?,12?,14-,21?,22-,29-/m0/s1. The molecule has 0 spiro atoms. The molecular formula is C29H35FN4O7. The molecule has 7 N–H and O–H groups in total. The summed E-state index contributed by atoms with van der Waals surface area (Å²) in [5.41, 5.74) is 1.84. The number of aromatic hydroxyl groups is 1. The number of hydrogen-bond donors (Lipinski definition) is 6. The highest BCUT2D eigenvalue weighted by Gasteiger charge is 2.64. The van der Waals surface area contributed by atoms with Crippen molar-refractivity contribution in [2.24, 2.45) is 23.5 Å². The first kappa shape index (κ1) is 27.7. The number of fused-ring (bicyclic) bond motifs is 6. The Morgan fingerprint density at radius 3 is 2.63 bits per heavy atom. The summed E-state index contributed by atoms with van der Waals surface area (Å²) < 4.78 is 16.4. The predicted molar refractivity (Wildman–Crippen MR) is 145 cm³/mol. The number of halogens is 1. The fourth-order valence-corrected chi connectivity index (χ4v) is 8.15. The highest BCUT2D eigenvalue weighted by atomic mass is 19.1. The number of likely N-dealkylation sites (N-methyl/N-ethyl adjacent to an activating group) is 1. The number of benzene rings is 1. The lowest BCUT2D eigenvalue weighted by molar-refractivity contribution is -0.154. The van der Waals surface area contributed by atoms with E-state index in [0.717, 1.165) is 13.0 Å². The number of rotatable bonds is 4. The Bertz CT molecular complexity index is 1470. The predicted octanol–water partition coefficient (Wildman–Crippen LogP) is 1.30. The van der Waals surface area contributed by atoms with Crippen molar-refractivity contribution in [3.05, 3.63) is 39.4 Å². The summed E-state index contributed by atoms with van der Waals surface area (Å²) in [6.07, 6.45) is 1.32. The highest BCUT2D eigenvalue weighted by Crippen LogP contribution is 2.56. The SMILES string of the molecule is CCCN(C)[C@@H]1C(=O)C(C(N)=O)=C(O)[C@@]2(O)C(=O)C3=C(O)c4c(O)c5c(c(F)c4CC3C[C@@H]12)C1C(CCN1C)CN5. The van der Waals surface area contributed by atoms with E-state index in [-0.39, 0.29) is 47.2 Å². The summed E-state index contributed by atoms with van der Waals surface area (Å²) in [5, 5.41) is 48.8. The quantitative estimate of drug-likeness (QED) is 0.229. The van der Waals surface area contributed by atoms with Gasteiger partial charge in [0, 0.05) is 35.2 Å². The minimum Gasteiger partial charge on any atom is -0.508 e. The topological polar surface area (TPSA) is 177 Å². The number of phenolic OH excluding ortho intramolecular Hbond substituents is 1. The fraction of sp³-hybridized carbons (Fsp3) is 0.552. The third-order valence-corrected chi connectivity index (χ3v) is 9.97. The van der Waals surface area contributed by atoms with Gasteiger partial charge in [-0.15, -0.1) is 0 Å². The lowest BCUT2D eigenvalue weighted by Crippen LogP contribution is -2.66. The molecule has 1 saturated carbocycles. The van der Waals surface area contributed by atoms with Crippen LogP contribution in [-0.4, -0.2) is 93.1 Å². The van der Waals surface area contributed by atoms with Gasteiger partial charge in [-0.2, -0.15) is 0 Å². The molecule has 0 bridgehead atoms. The molecule has 1 saturated heterocycles. The molecule has 11 nitrogen and oxygen atoms in total. The van der Waals surface area contributed by atoms with Crippen molar-refractivity contribution >= 4 is 28.9 Å². The van der Waals surface area contributed by atoms with E-state index < -0.39 is 69.6 Å². The van der Waals surface area contributed by atoms with E-state index >= 15 is 4.39 Å². The van der Waals surface area contributed by atoms with Crippen molar-refractivity contribution in [3.63, 3.8) is 0 Å². The molecule has 1 aromatic rings. The van der Waals surface area contributed by atoms with Gasteiger partial charge in [0.25, 0.3) is 5.91 Å².